The third kappa shape index (κ3) is 7.31. The second-order valence-electron chi connectivity index (χ2n) is 7.20. The van der Waals surface area contributed by atoms with E-state index in [0.717, 1.165) is 11.1 Å². The molecular formula is C24H26N2O5. The summed E-state index contributed by atoms with van der Waals surface area (Å²) in [5, 5.41) is 5.54. The summed E-state index contributed by atoms with van der Waals surface area (Å²) >= 11 is 0. The second kappa shape index (κ2) is 11.0. The number of rotatable bonds is 10. The fourth-order valence-electron chi connectivity index (χ4n) is 2.68. The summed E-state index contributed by atoms with van der Waals surface area (Å²) in [7, 11) is 0. The minimum absolute atomic E-state index is 0.129. The van der Waals surface area contributed by atoms with Crippen molar-refractivity contribution >= 4 is 17.5 Å². The van der Waals surface area contributed by atoms with E-state index in [1.54, 1.807) is 36.4 Å². The summed E-state index contributed by atoms with van der Waals surface area (Å²) in [6, 6.07) is 17.9. The molecule has 7 heteroatoms. The molecule has 0 saturated carbocycles. The Bertz CT molecular complexity index is 981. The van der Waals surface area contributed by atoms with Crippen LogP contribution in [0.15, 0.2) is 71.3 Å². The van der Waals surface area contributed by atoms with Gasteiger partial charge >= 0.3 is 0 Å². The van der Waals surface area contributed by atoms with Gasteiger partial charge in [-0.1, -0.05) is 30.3 Å². The highest BCUT2D eigenvalue weighted by Crippen LogP contribution is 2.18. The molecule has 3 rings (SSSR count). The monoisotopic (exact) mass is 422 g/mol. The van der Waals surface area contributed by atoms with Crippen LogP contribution in [0.3, 0.4) is 0 Å². The van der Waals surface area contributed by atoms with E-state index in [9.17, 15) is 9.59 Å². The molecule has 2 N–H and O–H groups in total. The Morgan fingerprint density at radius 1 is 1.00 bits per heavy atom. The van der Waals surface area contributed by atoms with Gasteiger partial charge in [0.15, 0.2) is 12.4 Å². The molecule has 0 saturated heterocycles. The van der Waals surface area contributed by atoms with Gasteiger partial charge in [-0.15, -0.1) is 0 Å². The lowest BCUT2D eigenvalue weighted by Gasteiger charge is -2.10. The van der Waals surface area contributed by atoms with Crippen molar-refractivity contribution in [2.75, 3.05) is 11.9 Å². The van der Waals surface area contributed by atoms with Crippen LogP contribution in [-0.4, -0.2) is 24.5 Å². The van der Waals surface area contributed by atoms with E-state index >= 15 is 0 Å². The van der Waals surface area contributed by atoms with Gasteiger partial charge in [-0.25, -0.2) is 0 Å². The average Bonchev–Trinajstić information content (AvgIpc) is 3.31. The molecule has 0 spiro atoms. The van der Waals surface area contributed by atoms with Crippen molar-refractivity contribution in [3.63, 3.8) is 0 Å². The van der Waals surface area contributed by atoms with Crippen molar-refractivity contribution in [1.29, 1.82) is 0 Å². The zero-order valence-corrected chi connectivity index (χ0v) is 17.6. The first-order chi connectivity index (χ1) is 15.0. The molecule has 0 atom stereocenters. The third-order valence-corrected chi connectivity index (χ3v) is 4.30. The van der Waals surface area contributed by atoms with Crippen molar-refractivity contribution in [3.05, 3.63) is 83.8 Å². The maximum Gasteiger partial charge on any atom is 0.291 e. The van der Waals surface area contributed by atoms with E-state index < -0.39 is 0 Å². The smallest absolute Gasteiger partial charge is 0.291 e. The molecule has 1 aromatic heterocycles. The second-order valence-corrected chi connectivity index (χ2v) is 7.20. The Kier molecular flexibility index (Phi) is 7.84. The van der Waals surface area contributed by atoms with Crippen LogP contribution < -0.4 is 15.4 Å². The number of anilines is 1. The molecule has 0 aliphatic carbocycles. The number of hydrogen-bond donors (Lipinski definition) is 2. The normalized spacial score (nSPS) is 10.7. The first-order valence-electron chi connectivity index (χ1n) is 10.0. The zero-order valence-electron chi connectivity index (χ0n) is 17.6. The van der Waals surface area contributed by atoms with Crippen LogP contribution in [0.2, 0.25) is 0 Å². The van der Waals surface area contributed by atoms with Gasteiger partial charge in [-0.05, 0) is 49.2 Å². The molecule has 0 radical (unpaired) electrons. The fourth-order valence-corrected chi connectivity index (χ4v) is 2.68. The maximum atomic E-state index is 12.1. The van der Waals surface area contributed by atoms with Gasteiger partial charge in [-0.3, -0.25) is 9.59 Å². The molecule has 0 aliphatic rings. The van der Waals surface area contributed by atoms with Crippen LogP contribution in [0.25, 0.3) is 0 Å². The van der Waals surface area contributed by atoms with Gasteiger partial charge in [-0.2, -0.15) is 0 Å². The third-order valence-electron chi connectivity index (χ3n) is 4.30. The van der Waals surface area contributed by atoms with Gasteiger partial charge in [0.1, 0.15) is 5.75 Å². The quantitative estimate of drug-likeness (QED) is 0.512. The molecule has 2 amide bonds. The summed E-state index contributed by atoms with van der Waals surface area (Å²) in [6.45, 7) is 4.85. The van der Waals surface area contributed by atoms with E-state index in [2.05, 4.69) is 10.6 Å². The lowest BCUT2D eigenvalue weighted by atomic mass is 10.1. The van der Waals surface area contributed by atoms with Gasteiger partial charge in [0, 0.05) is 18.3 Å². The molecule has 31 heavy (non-hydrogen) atoms. The predicted molar refractivity (Wildman–Crippen MR) is 117 cm³/mol. The van der Waals surface area contributed by atoms with Crippen LogP contribution in [-0.2, 0) is 22.7 Å². The van der Waals surface area contributed by atoms with Crippen molar-refractivity contribution in [1.82, 2.24) is 5.32 Å². The fraction of sp³-hybridized carbons (Fsp3) is 0.250. The van der Waals surface area contributed by atoms with Gasteiger partial charge in [0.25, 0.3) is 11.8 Å². The summed E-state index contributed by atoms with van der Waals surface area (Å²) in [5.74, 6) is 0.0898. The van der Waals surface area contributed by atoms with E-state index in [4.69, 9.17) is 13.9 Å². The molecule has 0 fully saturated rings. The molecular weight excluding hydrogens is 396 g/mol. The van der Waals surface area contributed by atoms with Gasteiger partial charge in [0.2, 0.25) is 0 Å². The zero-order chi connectivity index (χ0) is 22.1. The molecule has 162 valence electrons. The summed E-state index contributed by atoms with van der Waals surface area (Å²) in [6.07, 6.45) is 1.62. The molecule has 2 aromatic carbocycles. The van der Waals surface area contributed by atoms with E-state index in [-0.39, 0.29) is 30.3 Å². The summed E-state index contributed by atoms with van der Waals surface area (Å²) < 4.78 is 16.2. The number of benzene rings is 2. The van der Waals surface area contributed by atoms with Crippen LogP contribution in [0, 0.1) is 0 Å². The highest BCUT2D eigenvalue weighted by atomic mass is 16.5. The molecule has 0 unspecified atom stereocenters. The van der Waals surface area contributed by atoms with Crippen molar-refractivity contribution in [2.45, 2.75) is 33.1 Å². The van der Waals surface area contributed by atoms with Crippen molar-refractivity contribution in [3.8, 4) is 5.75 Å². The number of hydrogen-bond acceptors (Lipinski definition) is 5. The maximum absolute atomic E-state index is 12.1. The Labute approximate surface area is 181 Å². The first kappa shape index (κ1) is 22.1. The molecule has 7 nitrogen and oxygen atoms in total. The minimum atomic E-state index is -0.360. The number of carbonyl (C=O) groups is 2. The van der Waals surface area contributed by atoms with E-state index in [0.29, 0.717) is 24.6 Å². The van der Waals surface area contributed by atoms with Gasteiger partial charge in [0.05, 0.1) is 19.0 Å². The average molecular weight is 422 g/mol. The SMILES string of the molecule is CC(C)OCc1ccc(CNC(=O)COc2cccc(NC(=O)c3ccco3)c2)cc1. The predicted octanol–water partition coefficient (Wildman–Crippen LogP) is 4.15. The van der Waals surface area contributed by atoms with E-state index in [1.165, 1.54) is 6.26 Å². The number of amides is 2. The topological polar surface area (TPSA) is 89.8 Å². The summed E-state index contributed by atoms with van der Waals surface area (Å²) in [4.78, 5) is 24.2. The van der Waals surface area contributed by atoms with Gasteiger partial charge < -0.3 is 24.5 Å². The van der Waals surface area contributed by atoms with Crippen molar-refractivity contribution < 1.29 is 23.5 Å². The number of carbonyl (C=O) groups excluding carboxylic acids is 2. The lowest BCUT2D eigenvalue weighted by molar-refractivity contribution is -0.123. The number of nitrogens with one attached hydrogen (secondary N) is 2. The lowest BCUT2D eigenvalue weighted by Crippen LogP contribution is -2.28. The molecule has 0 aliphatic heterocycles. The Balaban J connectivity index is 1.43. The first-order valence-corrected chi connectivity index (χ1v) is 10.0. The van der Waals surface area contributed by atoms with E-state index in [1.807, 2.05) is 38.1 Å². The molecule has 3 aromatic rings. The highest BCUT2D eigenvalue weighted by molar-refractivity contribution is 6.02. The Morgan fingerprint density at radius 3 is 2.48 bits per heavy atom. The van der Waals surface area contributed by atoms with Crippen LogP contribution in [0.1, 0.15) is 35.5 Å². The summed E-state index contributed by atoms with van der Waals surface area (Å²) in [5.41, 5.74) is 2.62. The standard InChI is InChI=1S/C24H26N2O5/c1-17(2)30-15-19-10-8-18(9-11-19)14-25-23(27)16-31-21-6-3-5-20(13-21)26-24(28)22-7-4-12-29-22/h3-13,17H,14-16H2,1-2H3,(H,25,27)(H,26,28). The van der Waals surface area contributed by atoms with Crippen molar-refractivity contribution in [2.24, 2.45) is 0 Å². The number of furan rings is 1. The van der Waals surface area contributed by atoms with Crippen LogP contribution in [0.5, 0.6) is 5.75 Å². The largest absolute Gasteiger partial charge is 0.484 e. The Morgan fingerprint density at radius 2 is 1.77 bits per heavy atom. The number of ether oxygens (including phenoxy) is 2. The van der Waals surface area contributed by atoms with Crippen LogP contribution >= 0.6 is 0 Å². The highest BCUT2D eigenvalue weighted by Gasteiger charge is 2.09. The molecule has 0 bridgehead atoms. The molecule has 1 heterocycles. The minimum Gasteiger partial charge on any atom is -0.484 e. The Hall–Kier alpha value is -3.58. The van der Waals surface area contributed by atoms with Crippen LogP contribution in [0.4, 0.5) is 5.69 Å².